The van der Waals surface area contributed by atoms with Gasteiger partial charge in [-0.15, -0.1) is 11.6 Å². The molecule has 0 saturated heterocycles. The smallest absolute Gasteiger partial charge is 0.251 e. The lowest BCUT2D eigenvalue weighted by atomic mass is 10.1. The minimum atomic E-state index is -0.0364. The first kappa shape index (κ1) is 13.9. The Morgan fingerprint density at radius 1 is 1.21 bits per heavy atom. The molecule has 100 valence electrons. The third kappa shape index (κ3) is 3.71. The van der Waals surface area contributed by atoms with Crippen LogP contribution in [0.25, 0.3) is 10.8 Å². The van der Waals surface area contributed by atoms with E-state index in [9.17, 15) is 4.79 Å². The summed E-state index contributed by atoms with van der Waals surface area (Å²) >= 11 is 6.02. The van der Waals surface area contributed by atoms with Crippen molar-refractivity contribution in [1.82, 2.24) is 5.32 Å². The Hall–Kier alpha value is -1.54. The maximum absolute atomic E-state index is 12.0. The van der Waals surface area contributed by atoms with Crippen molar-refractivity contribution in [2.24, 2.45) is 0 Å². The van der Waals surface area contributed by atoms with Gasteiger partial charge < -0.3 is 5.32 Å². The lowest BCUT2D eigenvalue weighted by Crippen LogP contribution is -2.26. The molecule has 2 rings (SSSR count). The van der Waals surface area contributed by atoms with Gasteiger partial charge in [0.15, 0.2) is 0 Å². The molecule has 2 aromatic carbocycles. The SMILES string of the molecule is CCC(Cl)CCNC(=O)c1ccc2ccccc2c1. The van der Waals surface area contributed by atoms with Gasteiger partial charge in [0.1, 0.15) is 0 Å². The number of amides is 1. The normalized spacial score (nSPS) is 12.3. The first-order valence-electron chi connectivity index (χ1n) is 6.61. The van der Waals surface area contributed by atoms with Crippen LogP contribution in [0.4, 0.5) is 0 Å². The average molecular weight is 276 g/mol. The number of nitrogens with one attached hydrogen (secondary N) is 1. The van der Waals surface area contributed by atoms with Crippen molar-refractivity contribution in [3.05, 3.63) is 48.0 Å². The highest BCUT2D eigenvalue weighted by molar-refractivity contribution is 6.20. The molecule has 0 saturated carbocycles. The number of carbonyl (C=O) groups excluding carboxylic acids is 1. The molecule has 1 N–H and O–H groups in total. The highest BCUT2D eigenvalue weighted by atomic mass is 35.5. The van der Waals surface area contributed by atoms with Crippen LogP contribution in [0.1, 0.15) is 30.1 Å². The Labute approximate surface area is 118 Å². The molecule has 2 nitrogen and oxygen atoms in total. The van der Waals surface area contributed by atoms with Crippen molar-refractivity contribution in [2.45, 2.75) is 25.1 Å². The number of benzene rings is 2. The van der Waals surface area contributed by atoms with Crippen molar-refractivity contribution >= 4 is 28.3 Å². The molecule has 19 heavy (non-hydrogen) atoms. The lowest BCUT2D eigenvalue weighted by molar-refractivity contribution is 0.0953. The molecule has 0 aliphatic rings. The second-order valence-corrected chi connectivity index (χ2v) is 5.23. The minimum Gasteiger partial charge on any atom is -0.352 e. The zero-order valence-electron chi connectivity index (χ0n) is 11.0. The van der Waals surface area contributed by atoms with Gasteiger partial charge in [-0.05, 0) is 35.7 Å². The summed E-state index contributed by atoms with van der Waals surface area (Å²) < 4.78 is 0. The van der Waals surface area contributed by atoms with Gasteiger partial charge in [0.05, 0.1) is 0 Å². The number of hydrogen-bond donors (Lipinski definition) is 1. The summed E-state index contributed by atoms with van der Waals surface area (Å²) in [5.41, 5.74) is 0.696. The van der Waals surface area contributed by atoms with Crippen LogP contribution in [-0.2, 0) is 0 Å². The fourth-order valence-corrected chi connectivity index (χ4v) is 2.09. The van der Waals surface area contributed by atoms with Crippen LogP contribution in [0.2, 0.25) is 0 Å². The Kier molecular flexibility index (Phi) is 4.80. The van der Waals surface area contributed by atoms with Gasteiger partial charge in [-0.25, -0.2) is 0 Å². The van der Waals surface area contributed by atoms with Crippen molar-refractivity contribution < 1.29 is 4.79 Å². The van der Waals surface area contributed by atoms with E-state index in [4.69, 9.17) is 11.6 Å². The van der Waals surface area contributed by atoms with E-state index < -0.39 is 0 Å². The Morgan fingerprint density at radius 2 is 1.95 bits per heavy atom. The largest absolute Gasteiger partial charge is 0.352 e. The summed E-state index contributed by atoms with van der Waals surface area (Å²) in [6, 6.07) is 13.8. The van der Waals surface area contributed by atoms with E-state index in [-0.39, 0.29) is 11.3 Å². The van der Waals surface area contributed by atoms with E-state index in [0.717, 1.165) is 23.6 Å². The third-order valence-electron chi connectivity index (χ3n) is 3.20. The summed E-state index contributed by atoms with van der Waals surface area (Å²) in [7, 11) is 0. The Morgan fingerprint density at radius 3 is 2.68 bits per heavy atom. The molecule has 3 heteroatoms. The summed E-state index contributed by atoms with van der Waals surface area (Å²) in [6.45, 7) is 2.66. The van der Waals surface area contributed by atoms with E-state index in [1.165, 1.54) is 0 Å². The number of rotatable bonds is 5. The fourth-order valence-electron chi connectivity index (χ4n) is 1.98. The lowest BCUT2D eigenvalue weighted by Gasteiger charge is -2.08. The second-order valence-electron chi connectivity index (χ2n) is 4.61. The third-order valence-corrected chi connectivity index (χ3v) is 3.72. The van der Waals surface area contributed by atoms with Crippen LogP contribution in [0.5, 0.6) is 0 Å². The van der Waals surface area contributed by atoms with E-state index in [1.54, 1.807) is 0 Å². The maximum Gasteiger partial charge on any atom is 0.251 e. The fraction of sp³-hybridized carbons (Fsp3) is 0.312. The summed E-state index contributed by atoms with van der Waals surface area (Å²) in [5, 5.41) is 5.27. The van der Waals surface area contributed by atoms with Gasteiger partial charge in [-0.1, -0.05) is 37.3 Å². The van der Waals surface area contributed by atoms with E-state index >= 15 is 0 Å². The van der Waals surface area contributed by atoms with Crippen LogP contribution >= 0.6 is 11.6 Å². The molecular weight excluding hydrogens is 258 g/mol. The van der Waals surface area contributed by atoms with Crippen LogP contribution in [-0.4, -0.2) is 17.8 Å². The number of halogens is 1. The zero-order chi connectivity index (χ0) is 13.7. The number of fused-ring (bicyclic) bond motifs is 1. The standard InChI is InChI=1S/C16H18ClNO/c1-2-15(17)9-10-18-16(19)14-8-7-12-5-3-4-6-13(12)11-14/h3-8,11,15H,2,9-10H2,1H3,(H,18,19). The number of carbonyl (C=O) groups is 1. The van der Waals surface area contributed by atoms with Gasteiger partial charge in [0.25, 0.3) is 5.91 Å². The quantitative estimate of drug-likeness (QED) is 0.822. The van der Waals surface area contributed by atoms with E-state index in [1.807, 2.05) is 49.4 Å². The average Bonchev–Trinajstić information content (AvgIpc) is 2.46. The van der Waals surface area contributed by atoms with Gasteiger partial charge in [0.2, 0.25) is 0 Å². The molecule has 0 bridgehead atoms. The van der Waals surface area contributed by atoms with Crippen LogP contribution in [0.3, 0.4) is 0 Å². The van der Waals surface area contributed by atoms with Crippen LogP contribution < -0.4 is 5.32 Å². The van der Waals surface area contributed by atoms with Crippen LogP contribution in [0.15, 0.2) is 42.5 Å². The Balaban J connectivity index is 2.01. The molecule has 1 atom stereocenters. The highest BCUT2D eigenvalue weighted by Gasteiger charge is 2.07. The summed E-state index contributed by atoms with van der Waals surface area (Å²) in [4.78, 5) is 12.0. The van der Waals surface area contributed by atoms with Crippen LogP contribution in [0, 0.1) is 0 Å². The van der Waals surface area contributed by atoms with Gasteiger partial charge in [0, 0.05) is 17.5 Å². The molecule has 0 spiro atoms. The zero-order valence-corrected chi connectivity index (χ0v) is 11.8. The number of hydrogen-bond acceptors (Lipinski definition) is 1. The molecular formula is C16H18ClNO. The first-order chi connectivity index (χ1) is 9.20. The topological polar surface area (TPSA) is 29.1 Å². The van der Waals surface area contributed by atoms with Crippen molar-refractivity contribution in [3.63, 3.8) is 0 Å². The maximum atomic E-state index is 12.0. The molecule has 1 unspecified atom stereocenters. The van der Waals surface area contributed by atoms with Gasteiger partial charge in [-0.2, -0.15) is 0 Å². The second kappa shape index (κ2) is 6.58. The predicted octanol–water partition coefficient (Wildman–Crippen LogP) is 3.98. The number of alkyl halides is 1. The highest BCUT2D eigenvalue weighted by Crippen LogP contribution is 2.15. The van der Waals surface area contributed by atoms with E-state index in [0.29, 0.717) is 12.1 Å². The van der Waals surface area contributed by atoms with Crippen molar-refractivity contribution in [3.8, 4) is 0 Å². The van der Waals surface area contributed by atoms with Gasteiger partial charge >= 0.3 is 0 Å². The molecule has 0 radical (unpaired) electrons. The molecule has 2 aromatic rings. The predicted molar refractivity (Wildman–Crippen MR) is 80.8 cm³/mol. The molecule has 0 aliphatic carbocycles. The Bertz CT molecular complexity index is 567. The molecule has 0 aromatic heterocycles. The first-order valence-corrected chi connectivity index (χ1v) is 7.05. The molecule has 1 amide bonds. The molecule has 0 aliphatic heterocycles. The van der Waals surface area contributed by atoms with Crippen molar-refractivity contribution in [2.75, 3.05) is 6.54 Å². The summed E-state index contributed by atoms with van der Waals surface area (Å²) in [6.07, 6.45) is 1.73. The van der Waals surface area contributed by atoms with Gasteiger partial charge in [-0.3, -0.25) is 4.79 Å². The monoisotopic (exact) mass is 275 g/mol. The van der Waals surface area contributed by atoms with E-state index in [2.05, 4.69) is 5.32 Å². The molecule has 0 heterocycles. The van der Waals surface area contributed by atoms with Crippen molar-refractivity contribution in [1.29, 1.82) is 0 Å². The minimum absolute atomic E-state index is 0.0364. The molecule has 0 fully saturated rings. The summed E-state index contributed by atoms with van der Waals surface area (Å²) in [5.74, 6) is -0.0364.